The van der Waals surface area contributed by atoms with E-state index in [9.17, 15) is 4.79 Å². The molecular weight excluding hydrogens is 236 g/mol. The summed E-state index contributed by atoms with van der Waals surface area (Å²) >= 11 is 5.91. The van der Waals surface area contributed by atoms with Gasteiger partial charge in [0.05, 0.1) is 0 Å². The Labute approximate surface area is 102 Å². The van der Waals surface area contributed by atoms with Gasteiger partial charge in [-0.25, -0.2) is 0 Å². The topological polar surface area (TPSA) is 17.1 Å². The number of hydrogen-bond donors (Lipinski definition) is 1. The highest BCUT2D eigenvalue weighted by Crippen LogP contribution is 2.25. The van der Waals surface area contributed by atoms with E-state index in [0.717, 1.165) is 25.1 Å². The first-order valence-corrected chi connectivity index (χ1v) is 6.17. The van der Waals surface area contributed by atoms with Crippen LogP contribution >= 0.6 is 24.0 Å². The molecular formula is C13H8OS2. The molecule has 0 amide bonds. The summed E-state index contributed by atoms with van der Waals surface area (Å²) in [5.74, 6) is 0. The third-order valence-corrected chi connectivity index (χ3v) is 3.99. The normalized spacial score (nSPS) is 11.1. The maximum absolute atomic E-state index is 12.2. The monoisotopic (exact) mass is 244 g/mol. The lowest BCUT2D eigenvalue weighted by Gasteiger charge is -2.00. The van der Waals surface area contributed by atoms with Crippen molar-refractivity contribution in [3.63, 3.8) is 0 Å². The van der Waals surface area contributed by atoms with Gasteiger partial charge in [-0.1, -0.05) is 12.1 Å². The fourth-order valence-electron chi connectivity index (χ4n) is 1.79. The first-order chi connectivity index (χ1) is 7.75. The largest absolute Gasteiger partial charge is 0.289 e. The summed E-state index contributed by atoms with van der Waals surface area (Å²) < 4.78 is 2.05. The molecule has 0 N–H and O–H groups in total. The highest BCUT2D eigenvalue weighted by molar-refractivity contribution is 7.80. The van der Waals surface area contributed by atoms with E-state index in [-0.39, 0.29) is 5.43 Å². The smallest absolute Gasteiger partial charge is 0.195 e. The standard InChI is InChI=1S/C13H8OS2/c14-13-9-3-1-2-4-11(9)16-12-6-5-8(15)7-10(12)13/h1-7,15H. The summed E-state index contributed by atoms with van der Waals surface area (Å²) in [6.45, 7) is 0. The maximum atomic E-state index is 12.2. The quantitative estimate of drug-likeness (QED) is 0.471. The molecule has 1 heterocycles. The second-order valence-corrected chi connectivity index (χ2v) is 5.21. The molecule has 3 rings (SSSR count). The summed E-state index contributed by atoms with van der Waals surface area (Å²) in [6, 6.07) is 13.4. The van der Waals surface area contributed by atoms with Crippen molar-refractivity contribution in [1.29, 1.82) is 0 Å². The van der Waals surface area contributed by atoms with Crippen LogP contribution in [0.3, 0.4) is 0 Å². The van der Waals surface area contributed by atoms with Crippen molar-refractivity contribution >= 4 is 44.1 Å². The van der Waals surface area contributed by atoms with Crippen LogP contribution in [0.4, 0.5) is 0 Å². The molecule has 0 saturated heterocycles. The van der Waals surface area contributed by atoms with Crippen LogP contribution < -0.4 is 5.43 Å². The van der Waals surface area contributed by atoms with Gasteiger partial charge in [-0.05, 0) is 30.3 Å². The minimum absolute atomic E-state index is 0.0975. The van der Waals surface area contributed by atoms with Crippen LogP contribution in [-0.4, -0.2) is 0 Å². The number of fused-ring (bicyclic) bond motifs is 2. The Morgan fingerprint density at radius 2 is 1.69 bits per heavy atom. The lowest BCUT2D eigenvalue weighted by Crippen LogP contribution is -2.00. The summed E-state index contributed by atoms with van der Waals surface area (Å²) in [5.41, 5.74) is 0.0975. The third kappa shape index (κ3) is 1.44. The molecule has 0 aliphatic rings. The highest BCUT2D eigenvalue weighted by Gasteiger charge is 2.04. The van der Waals surface area contributed by atoms with E-state index in [4.69, 9.17) is 0 Å². The van der Waals surface area contributed by atoms with E-state index in [0.29, 0.717) is 0 Å². The van der Waals surface area contributed by atoms with Crippen molar-refractivity contribution in [2.24, 2.45) is 0 Å². The summed E-state index contributed by atoms with van der Waals surface area (Å²) in [6.07, 6.45) is 0. The molecule has 3 heteroatoms. The van der Waals surface area contributed by atoms with E-state index in [1.165, 1.54) is 0 Å². The van der Waals surface area contributed by atoms with Crippen LogP contribution in [0, 0.1) is 0 Å². The zero-order valence-corrected chi connectivity index (χ0v) is 10.0. The van der Waals surface area contributed by atoms with E-state index >= 15 is 0 Å². The second-order valence-electron chi connectivity index (χ2n) is 3.61. The lowest BCUT2D eigenvalue weighted by atomic mass is 10.2. The van der Waals surface area contributed by atoms with Crippen LogP contribution in [0.5, 0.6) is 0 Å². The maximum Gasteiger partial charge on any atom is 0.195 e. The Balaban J connectivity index is 2.61. The van der Waals surface area contributed by atoms with Gasteiger partial charge in [-0.3, -0.25) is 4.79 Å². The van der Waals surface area contributed by atoms with Crippen LogP contribution in [0.2, 0.25) is 0 Å². The fraction of sp³-hybridized carbons (Fsp3) is 0. The molecule has 0 aliphatic heterocycles. The van der Waals surface area contributed by atoms with Crippen LogP contribution in [0.25, 0.3) is 20.2 Å². The average Bonchev–Trinajstić information content (AvgIpc) is 2.31. The predicted molar refractivity (Wildman–Crippen MR) is 72.9 cm³/mol. The average molecular weight is 244 g/mol. The fourth-order valence-corrected chi connectivity index (χ4v) is 3.05. The van der Waals surface area contributed by atoms with E-state index in [1.807, 2.05) is 42.5 Å². The number of thiol groups is 1. The number of benzene rings is 2. The van der Waals surface area contributed by atoms with Crippen LogP contribution in [-0.2, 0) is 0 Å². The molecule has 0 fully saturated rings. The van der Waals surface area contributed by atoms with Crippen molar-refractivity contribution in [3.8, 4) is 0 Å². The van der Waals surface area contributed by atoms with Gasteiger partial charge in [0.2, 0.25) is 0 Å². The van der Waals surface area contributed by atoms with Gasteiger partial charge in [-0.15, -0.1) is 24.0 Å². The number of rotatable bonds is 0. The Morgan fingerprint density at radius 3 is 2.56 bits per heavy atom. The van der Waals surface area contributed by atoms with Crippen molar-refractivity contribution in [1.82, 2.24) is 0 Å². The molecule has 0 bridgehead atoms. The molecule has 0 spiro atoms. The van der Waals surface area contributed by atoms with Crippen LogP contribution in [0.1, 0.15) is 0 Å². The second kappa shape index (κ2) is 3.61. The minimum Gasteiger partial charge on any atom is -0.289 e. The molecule has 3 aromatic rings. The lowest BCUT2D eigenvalue weighted by molar-refractivity contribution is 1.53. The van der Waals surface area contributed by atoms with Crippen molar-refractivity contribution in [3.05, 3.63) is 52.7 Å². The number of hydrogen-bond acceptors (Lipinski definition) is 3. The first-order valence-electron chi connectivity index (χ1n) is 4.90. The molecule has 2 aromatic carbocycles. The highest BCUT2D eigenvalue weighted by atomic mass is 32.1. The van der Waals surface area contributed by atoms with Gasteiger partial charge in [-0.2, -0.15) is 0 Å². The molecule has 0 saturated carbocycles. The van der Waals surface area contributed by atoms with Gasteiger partial charge in [0.25, 0.3) is 0 Å². The van der Waals surface area contributed by atoms with E-state index in [2.05, 4.69) is 12.6 Å². The van der Waals surface area contributed by atoms with Crippen molar-refractivity contribution < 1.29 is 0 Å². The zero-order valence-electron chi connectivity index (χ0n) is 8.31. The Bertz CT molecular complexity index is 744. The zero-order chi connectivity index (χ0) is 11.1. The van der Waals surface area contributed by atoms with Crippen molar-refractivity contribution in [2.75, 3.05) is 0 Å². The Hall–Kier alpha value is -1.32. The molecule has 0 radical (unpaired) electrons. The summed E-state index contributed by atoms with van der Waals surface area (Å²) in [5, 5.41) is 1.55. The van der Waals surface area contributed by atoms with E-state index < -0.39 is 0 Å². The van der Waals surface area contributed by atoms with Gasteiger partial charge in [0.15, 0.2) is 5.43 Å². The van der Waals surface area contributed by atoms with Crippen LogP contribution in [0.15, 0.2) is 52.2 Å². The molecule has 16 heavy (non-hydrogen) atoms. The van der Waals surface area contributed by atoms with Gasteiger partial charge in [0.1, 0.15) is 0 Å². The van der Waals surface area contributed by atoms with Gasteiger partial charge in [0, 0.05) is 25.1 Å². The van der Waals surface area contributed by atoms with Crippen molar-refractivity contribution in [2.45, 2.75) is 4.90 Å². The summed E-state index contributed by atoms with van der Waals surface area (Å²) in [7, 11) is 0. The van der Waals surface area contributed by atoms with Gasteiger partial charge < -0.3 is 0 Å². The van der Waals surface area contributed by atoms with Gasteiger partial charge >= 0.3 is 0 Å². The first kappa shape index (κ1) is 9.87. The minimum atomic E-state index is 0.0975. The molecule has 1 nitrogen and oxygen atoms in total. The Kier molecular flexibility index (Phi) is 2.23. The molecule has 0 unspecified atom stereocenters. The SMILES string of the molecule is O=c1c2ccccc2sc2ccc(S)cc12. The van der Waals surface area contributed by atoms with E-state index in [1.54, 1.807) is 11.3 Å². The third-order valence-electron chi connectivity index (χ3n) is 2.56. The molecule has 0 aliphatic carbocycles. The summed E-state index contributed by atoms with van der Waals surface area (Å²) in [4.78, 5) is 13.0. The predicted octanol–water partition coefficient (Wildman–Crippen LogP) is 3.70. The molecule has 78 valence electrons. The molecule has 1 aromatic heterocycles. The Morgan fingerprint density at radius 1 is 0.938 bits per heavy atom. The molecule has 0 atom stereocenters.